The van der Waals surface area contributed by atoms with Gasteiger partial charge in [0.25, 0.3) is 0 Å². The van der Waals surface area contributed by atoms with Gasteiger partial charge in [-0.15, -0.1) is 0 Å². The van der Waals surface area contributed by atoms with Crippen molar-refractivity contribution in [3.8, 4) is 5.75 Å². The number of hydrogen-bond acceptors (Lipinski definition) is 5. The quantitative estimate of drug-likeness (QED) is 0.523. The summed E-state index contributed by atoms with van der Waals surface area (Å²) < 4.78 is 31.5. The van der Waals surface area contributed by atoms with Gasteiger partial charge >= 0.3 is 0 Å². The van der Waals surface area contributed by atoms with Crippen molar-refractivity contribution in [3.63, 3.8) is 0 Å². The molecule has 0 fully saturated rings. The van der Waals surface area contributed by atoms with E-state index in [0.29, 0.717) is 11.4 Å². The number of sulfonamides is 1. The van der Waals surface area contributed by atoms with E-state index in [9.17, 15) is 18.0 Å². The molecule has 0 aliphatic heterocycles. The fourth-order valence-corrected chi connectivity index (χ4v) is 4.46. The predicted molar refractivity (Wildman–Crippen MR) is 130 cm³/mol. The first kappa shape index (κ1) is 26.8. The summed E-state index contributed by atoms with van der Waals surface area (Å²) in [6.45, 7) is 1.32. The first-order valence-corrected chi connectivity index (χ1v) is 12.7. The molecule has 180 valence electrons. The monoisotopic (exact) mass is 515 g/mol. The van der Waals surface area contributed by atoms with Gasteiger partial charge in [0.1, 0.15) is 18.3 Å². The Morgan fingerprint density at radius 2 is 1.70 bits per heavy atom. The maximum absolute atomic E-state index is 13.5. The Hall–Kier alpha value is -2.49. The standard InChI is InChI=1S/C22H27Cl2N3O5S/c1-5-18(22(29)25-2)26(13-15-6-8-16(23)9-7-15)21(28)14-27(33(4,30)31)19-12-17(24)10-11-20(19)32-3/h6-12,18H,5,13-14H2,1-4H3,(H,25,29)/t18-/m0/s1. The van der Waals surface area contributed by atoms with E-state index in [1.807, 2.05) is 0 Å². The predicted octanol–water partition coefficient (Wildman–Crippen LogP) is 3.32. The number of halogens is 2. The second-order valence-electron chi connectivity index (χ2n) is 7.27. The number of rotatable bonds is 10. The van der Waals surface area contributed by atoms with Gasteiger partial charge in [-0.05, 0) is 42.3 Å². The Balaban J connectivity index is 2.49. The smallest absolute Gasteiger partial charge is 0.244 e. The molecular weight excluding hydrogens is 489 g/mol. The average Bonchev–Trinajstić information content (AvgIpc) is 2.77. The van der Waals surface area contributed by atoms with Gasteiger partial charge in [-0.3, -0.25) is 13.9 Å². The molecule has 0 unspecified atom stereocenters. The van der Waals surface area contributed by atoms with Gasteiger partial charge in [-0.1, -0.05) is 42.3 Å². The van der Waals surface area contributed by atoms with E-state index in [2.05, 4.69) is 5.32 Å². The van der Waals surface area contributed by atoms with E-state index in [1.165, 1.54) is 31.2 Å². The van der Waals surface area contributed by atoms with E-state index in [4.69, 9.17) is 27.9 Å². The molecule has 2 aromatic rings. The summed E-state index contributed by atoms with van der Waals surface area (Å²) in [5.74, 6) is -0.681. The van der Waals surface area contributed by atoms with Gasteiger partial charge in [0.2, 0.25) is 21.8 Å². The van der Waals surface area contributed by atoms with Crippen LogP contribution in [0.5, 0.6) is 5.75 Å². The van der Waals surface area contributed by atoms with Gasteiger partial charge < -0.3 is 15.0 Å². The summed E-state index contributed by atoms with van der Waals surface area (Å²) in [5.41, 5.74) is 0.863. The van der Waals surface area contributed by atoms with Gasteiger partial charge in [0.05, 0.1) is 19.1 Å². The lowest BCUT2D eigenvalue weighted by Gasteiger charge is -2.32. The zero-order chi connectivity index (χ0) is 24.8. The molecule has 0 saturated heterocycles. The van der Waals surface area contributed by atoms with Gasteiger partial charge in [-0.25, -0.2) is 8.42 Å². The van der Waals surface area contributed by atoms with Crippen molar-refractivity contribution in [2.45, 2.75) is 25.9 Å². The van der Waals surface area contributed by atoms with Crippen molar-refractivity contribution in [2.75, 3.05) is 31.3 Å². The van der Waals surface area contributed by atoms with E-state index < -0.39 is 28.5 Å². The molecule has 0 aliphatic rings. The molecule has 2 rings (SSSR count). The summed E-state index contributed by atoms with van der Waals surface area (Å²) in [6, 6.07) is 10.5. The third-order valence-electron chi connectivity index (χ3n) is 4.99. The van der Waals surface area contributed by atoms with Gasteiger partial charge in [0.15, 0.2) is 0 Å². The Labute approximate surface area is 204 Å². The number of anilines is 1. The zero-order valence-corrected chi connectivity index (χ0v) is 21.2. The first-order chi connectivity index (χ1) is 15.5. The normalized spacial score (nSPS) is 12.1. The largest absolute Gasteiger partial charge is 0.495 e. The SMILES string of the molecule is CC[C@@H](C(=O)NC)N(Cc1ccc(Cl)cc1)C(=O)CN(c1cc(Cl)ccc1OC)S(C)(=O)=O. The van der Waals surface area contributed by atoms with Crippen LogP contribution in [-0.4, -0.2) is 58.1 Å². The number of benzene rings is 2. The lowest BCUT2D eigenvalue weighted by atomic mass is 10.1. The minimum absolute atomic E-state index is 0.0895. The maximum atomic E-state index is 13.5. The lowest BCUT2D eigenvalue weighted by molar-refractivity contribution is -0.140. The number of nitrogens with one attached hydrogen (secondary N) is 1. The van der Waals surface area contributed by atoms with E-state index >= 15 is 0 Å². The number of carbonyl (C=O) groups excluding carboxylic acids is 2. The van der Waals surface area contributed by atoms with Crippen LogP contribution in [-0.2, 0) is 26.2 Å². The minimum Gasteiger partial charge on any atom is -0.495 e. The highest BCUT2D eigenvalue weighted by atomic mass is 35.5. The molecule has 0 bridgehead atoms. The third kappa shape index (κ3) is 6.99. The molecule has 8 nitrogen and oxygen atoms in total. The Kier molecular flexibility index (Phi) is 9.39. The van der Waals surface area contributed by atoms with Crippen LogP contribution in [0.15, 0.2) is 42.5 Å². The Morgan fingerprint density at radius 1 is 1.09 bits per heavy atom. The molecule has 1 atom stereocenters. The minimum atomic E-state index is -3.90. The fraction of sp³-hybridized carbons (Fsp3) is 0.364. The van der Waals surface area contributed by atoms with Crippen molar-refractivity contribution >= 4 is 50.7 Å². The Morgan fingerprint density at radius 3 is 2.21 bits per heavy atom. The van der Waals surface area contributed by atoms with Gasteiger partial charge in [0, 0.05) is 23.6 Å². The Bertz CT molecular complexity index is 1090. The molecular formula is C22H27Cl2N3O5S. The number of hydrogen-bond donors (Lipinski definition) is 1. The molecule has 0 heterocycles. The molecule has 2 amide bonds. The highest BCUT2D eigenvalue weighted by Gasteiger charge is 2.32. The molecule has 0 aliphatic carbocycles. The van der Waals surface area contributed by atoms with Crippen LogP contribution in [0.4, 0.5) is 5.69 Å². The van der Waals surface area contributed by atoms with Crippen molar-refractivity contribution in [3.05, 3.63) is 58.1 Å². The van der Waals surface area contributed by atoms with E-state index in [1.54, 1.807) is 37.3 Å². The average molecular weight is 516 g/mol. The molecule has 11 heteroatoms. The van der Waals surface area contributed by atoms with E-state index in [-0.39, 0.29) is 28.9 Å². The zero-order valence-electron chi connectivity index (χ0n) is 18.8. The number of carbonyl (C=O) groups is 2. The van der Waals surface area contributed by atoms with Crippen LogP contribution in [0.25, 0.3) is 0 Å². The number of methoxy groups -OCH3 is 1. The van der Waals surface area contributed by atoms with Crippen LogP contribution in [0, 0.1) is 0 Å². The molecule has 33 heavy (non-hydrogen) atoms. The number of ether oxygens (including phenoxy) is 1. The fourth-order valence-electron chi connectivity index (χ4n) is 3.33. The number of nitrogens with zero attached hydrogens (tertiary/aromatic N) is 2. The summed E-state index contributed by atoms with van der Waals surface area (Å²) in [5, 5.41) is 3.38. The summed E-state index contributed by atoms with van der Waals surface area (Å²) in [6.07, 6.45) is 1.32. The lowest BCUT2D eigenvalue weighted by Crippen LogP contribution is -2.51. The molecule has 0 aromatic heterocycles. The molecule has 1 N–H and O–H groups in total. The van der Waals surface area contributed by atoms with Crippen LogP contribution in [0.1, 0.15) is 18.9 Å². The number of amides is 2. The number of likely N-dealkylation sites (N-methyl/N-ethyl adjacent to an activating group) is 1. The van der Waals surface area contributed by atoms with Crippen molar-refractivity contribution in [1.29, 1.82) is 0 Å². The highest BCUT2D eigenvalue weighted by Crippen LogP contribution is 2.33. The highest BCUT2D eigenvalue weighted by molar-refractivity contribution is 7.92. The topological polar surface area (TPSA) is 96.0 Å². The van der Waals surface area contributed by atoms with Crippen molar-refractivity contribution < 1.29 is 22.7 Å². The first-order valence-electron chi connectivity index (χ1n) is 10.1. The molecule has 2 aromatic carbocycles. The summed E-state index contributed by atoms with van der Waals surface area (Å²) in [7, 11) is -1.03. The third-order valence-corrected chi connectivity index (χ3v) is 6.60. The van der Waals surface area contributed by atoms with E-state index in [0.717, 1.165) is 16.1 Å². The van der Waals surface area contributed by atoms with Crippen LogP contribution < -0.4 is 14.4 Å². The van der Waals surface area contributed by atoms with Crippen molar-refractivity contribution in [2.24, 2.45) is 0 Å². The molecule has 0 spiro atoms. The second kappa shape index (κ2) is 11.6. The molecule has 0 radical (unpaired) electrons. The molecule has 0 saturated carbocycles. The second-order valence-corrected chi connectivity index (χ2v) is 10.1. The van der Waals surface area contributed by atoms with Crippen LogP contribution in [0.3, 0.4) is 0 Å². The van der Waals surface area contributed by atoms with Gasteiger partial charge in [-0.2, -0.15) is 0 Å². The maximum Gasteiger partial charge on any atom is 0.244 e. The summed E-state index contributed by atoms with van der Waals surface area (Å²) in [4.78, 5) is 27.4. The van der Waals surface area contributed by atoms with Crippen LogP contribution >= 0.6 is 23.2 Å². The van der Waals surface area contributed by atoms with Crippen LogP contribution in [0.2, 0.25) is 10.0 Å². The van der Waals surface area contributed by atoms with Crippen molar-refractivity contribution in [1.82, 2.24) is 10.2 Å². The summed E-state index contributed by atoms with van der Waals surface area (Å²) >= 11 is 12.0.